The number of rotatable bonds is 6. The van der Waals surface area contributed by atoms with Crippen LogP contribution in [0.2, 0.25) is 5.02 Å². The van der Waals surface area contributed by atoms with Gasteiger partial charge >= 0.3 is 5.97 Å². The zero-order valence-electron chi connectivity index (χ0n) is 10.8. The fourth-order valence-electron chi connectivity index (χ4n) is 1.96. The van der Waals surface area contributed by atoms with Crippen molar-refractivity contribution < 1.29 is 9.90 Å². The summed E-state index contributed by atoms with van der Waals surface area (Å²) in [5, 5.41) is 9.62. The van der Waals surface area contributed by atoms with Gasteiger partial charge in [0.15, 0.2) is 0 Å². The van der Waals surface area contributed by atoms with Crippen LogP contribution in [0.4, 0.5) is 0 Å². The minimum absolute atomic E-state index is 0.301. The summed E-state index contributed by atoms with van der Waals surface area (Å²) in [5.74, 6) is -0.984. The first kappa shape index (κ1) is 15.0. The number of nitrogens with two attached hydrogens (primary N) is 1. The van der Waals surface area contributed by atoms with Crippen LogP contribution in [0.1, 0.15) is 25.8 Å². The molecule has 0 aliphatic heterocycles. The lowest BCUT2D eigenvalue weighted by Crippen LogP contribution is -2.35. The standard InChI is InChI=1S/C14H20ClNO2/c1-9(8-13(16)10(2)14(17)18)7-11-3-5-12(15)6-4-11/h3-6,9-10,13H,7-8,16H2,1-2H3,(H,17,18). The van der Waals surface area contributed by atoms with Crippen molar-refractivity contribution in [1.82, 2.24) is 0 Å². The molecule has 0 radical (unpaired) electrons. The quantitative estimate of drug-likeness (QED) is 0.835. The number of aliphatic carboxylic acids is 1. The number of benzene rings is 1. The number of hydrogen-bond donors (Lipinski definition) is 2. The monoisotopic (exact) mass is 269 g/mol. The first-order valence-electron chi connectivity index (χ1n) is 6.13. The molecule has 0 heterocycles. The molecule has 3 unspecified atom stereocenters. The Bertz CT molecular complexity index is 391. The summed E-state index contributed by atoms with van der Waals surface area (Å²) >= 11 is 5.82. The summed E-state index contributed by atoms with van der Waals surface area (Å²) in [5.41, 5.74) is 7.09. The molecule has 0 aliphatic rings. The van der Waals surface area contributed by atoms with Crippen molar-refractivity contribution >= 4 is 17.6 Å². The van der Waals surface area contributed by atoms with E-state index in [1.165, 1.54) is 5.56 Å². The van der Waals surface area contributed by atoms with Crippen LogP contribution in [0, 0.1) is 11.8 Å². The van der Waals surface area contributed by atoms with Crippen molar-refractivity contribution in [1.29, 1.82) is 0 Å². The summed E-state index contributed by atoms with van der Waals surface area (Å²) in [4.78, 5) is 10.8. The highest BCUT2D eigenvalue weighted by Crippen LogP contribution is 2.18. The highest BCUT2D eigenvalue weighted by atomic mass is 35.5. The average molecular weight is 270 g/mol. The van der Waals surface area contributed by atoms with E-state index in [2.05, 4.69) is 6.92 Å². The maximum Gasteiger partial charge on any atom is 0.307 e. The van der Waals surface area contributed by atoms with Crippen LogP contribution in [-0.2, 0) is 11.2 Å². The van der Waals surface area contributed by atoms with Crippen molar-refractivity contribution in [3.8, 4) is 0 Å². The minimum atomic E-state index is -0.832. The summed E-state index contributed by atoms with van der Waals surface area (Å²) in [6.07, 6.45) is 1.59. The lowest BCUT2D eigenvalue weighted by atomic mass is 9.89. The largest absolute Gasteiger partial charge is 0.481 e. The number of carboxylic acid groups (broad SMARTS) is 1. The second-order valence-electron chi connectivity index (χ2n) is 4.96. The maximum atomic E-state index is 10.8. The average Bonchev–Trinajstić information content (AvgIpc) is 2.30. The van der Waals surface area contributed by atoms with E-state index in [0.29, 0.717) is 12.3 Å². The molecule has 4 heteroatoms. The lowest BCUT2D eigenvalue weighted by Gasteiger charge is -2.20. The molecule has 18 heavy (non-hydrogen) atoms. The van der Waals surface area contributed by atoms with Crippen molar-refractivity contribution in [3.63, 3.8) is 0 Å². The molecule has 1 aromatic rings. The van der Waals surface area contributed by atoms with Gasteiger partial charge in [-0.25, -0.2) is 0 Å². The summed E-state index contributed by atoms with van der Waals surface area (Å²) in [6, 6.07) is 7.41. The van der Waals surface area contributed by atoms with Gasteiger partial charge in [-0.2, -0.15) is 0 Å². The molecular weight excluding hydrogens is 250 g/mol. The third kappa shape index (κ3) is 4.67. The Morgan fingerprint density at radius 1 is 1.33 bits per heavy atom. The SMILES string of the molecule is CC(Cc1ccc(Cl)cc1)CC(N)C(C)C(=O)O. The molecule has 0 saturated carbocycles. The molecule has 0 saturated heterocycles. The van der Waals surface area contributed by atoms with Gasteiger partial charge in [0.25, 0.3) is 0 Å². The topological polar surface area (TPSA) is 63.3 Å². The maximum absolute atomic E-state index is 10.8. The van der Waals surface area contributed by atoms with Crippen molar-refractivity contribution in [3.05, 3.63) is 34.9 Å². The summed E-state index contributed by atoms with van der Waals surface area (Å²) in [7, 11) is 0. The first-order chi connectivity index (χ1) is 8.40. The van der Waals surface area contributed by atoms with E-state index in [1.54, 1.807) is 6.92 Å². The van der Waals surface area contributed by atoms with Crippen molar-refractivity contribution in [2.75, 3.05) is 0 Å². The molecule has 3 N–H and O–H groups in total. The zero-order chi connectivity index (χ0) is 13.7. The third-order valence-electron chi connectivity index (χ3n) is 3.20. The van der Waals surface area contributed by atoms with Crippen molar-refractivity contribution in [2.45, 2.75) is 32.7 Å². The minimum Gasteiger partial charge on any atom is -0.481 e. The number of hydrogen-bond acceptors (Lipinski definition) is 2. The number of carboxylic acids is 1. The lowest BCUT2D eigenvalue weighted by molar-refractivity contribution is -0.141. The highest BCUT2D eigenvalue weighted by Gasteiger charge is 2.21. The molecule has 0 bridgehead atoms. The Labute approximate surface area is 113 Å². The molecule has 0 aliphatic carbocycles. The Hall–Kier alpha value is -1.06. The molecule has 0 fully saturated rings. The van der Waals surface area contributed by atoms with Crippen LogP contribution >= 0.6 is 11.6 Å². The second kappa shape index (κ2) is 6.76. The molecule has 1 aromatic carbocycles. The molecule has 100 valence electrons. The van der Waals surface area contributed by atoms with Gasteiger partial charge in [0.1, 0.15) is 0 Å². The van der Waals surface area contributed by atoms with Crippen LogP contribution in [0.5, 0.6) is 0 Å². The summed E-state index contributed by atoms with van der Waals surface area (Å²) < 4.78 is 0. The van der Waals surface area contributed by atoms with Gasteiger partial charge in [-0.3, -0.25) is 4.79 Å². The van der Waals surface area contributed by atoms with Gasteiger partial charge in [-0.15, -0.1) is 0 Å². The Kier molecular flexibility index (Phi) is 5.63. The number of halogens is 1. The normalized spacial score (nSPS) is 16.0. The van der Waals surface area contributed by atoms with E-state index < -0.39 is 11.9 Å². The molecule has 3 nitrogen and oxygen atoms in total. The predicted octanol–water partition coefficient (Wildman–Crippen LogP) is 2.96. The third-order valence-corrected chi connectivity index (χ3v) is 3.46. The van der Waals surface area contributed by atoms with Gasteiger partial charge in [0.2, 0.25) is 0 Å². The van der Waals surface area contributed by atoms with Gasteiger partial charge in [0.05, 0.1) is 5.92 Å². The van der Waals surface area contributed by atoms with E-state index in [4.69, 9.17) is 22.4 Å². The van der Waals surface area contributed by atoms with Crippen LogP contribution in [-0.4, -0.2) is 17.1 Å². The second-order valence-corrected chi connectivity index (χ2v) is 5.40. The Balaban J connectivity index is 2.48. The molecule has 0 amide bonds. The van der Waals surface area contributed by atoms with E-state index >= 15 is 0 Å². The van der Waals surface area contributed by atoms with Gasteiger partial charge in [-0.05, 0) is 36.5 Å². The van der Waals surface area contributed by atoms with E-state index in [-0.39, 0.29) is 6.04 Å². The fourth-order valence-corrected chi connectivity index (χ4v) is 2.08. The predicted molar refractivity (Wildman–Crippen MR) is 73.7 cm³/mol. The molecule has 1 rings (SSSR count). The van der Waals surface area contributed by atoms with Crippen LogP contribution in [0.3, 0.4) is 0 Å². The molecular formula is C14H20ClNO2. The first-order valence-corrected chi connectivity index (χ1v) is 6.50. The summed E-state index contributed by atoms with van der Waals surface area (Å²) in [6.45, 7) is 3.74. The fraction of sp³-hybridized carbons (Fsp3) is 0.500. The molecule has 0 aromatic heterocycles. The van der Waals surface area contributed by atoms with Gasteiger partial charge in [0, 0.05) is 11.1 Å². The Morgan fingerprint density at radius 3 is 2.39 bits per heavy atom. The van der Waals surface area contributed by atoms with E-state index in [9.17, 15) is 4.79 Å². The molecule has 0 spiro atoms. The number of carbonyl (C=O) groups is 1. The smallest absolute Gasteiger partial charge is 0.307 e. The Morgan fingerprint density at radius 2 is 1.89 bits per heavy atom. The van der Waals surface area contributed by atoms with E-state index in [0.717, 1.165) is 11.4 Å². The van der Waals surface area contributed by atoms with Gasteiger partial charge < -0.3 is 10.8 Å². The zero-order valence-corrected chi connectivity index (χ0v) is 11.5. The van der Waals surface area contributed by atoms with Gasteiger partial charge in [-0.1, -0.05) is 37.6 Å². The van der Waals surface area contributed by atoms with Crippen LogP contribution < -0.4 is 5.73 Å². The van der Waals surface area contributed by atoms with Crippen molar-refractivity contribution in [2.24, 2.45) is 17.6 Å². The highest BCUT2D eigenvalue weighted by molar-refractivity contribution is 6.30. The van der Waals surface area contributed by atoms with E-state index in [1.807, 2.05) is 24.3 Å². The van der Waals surface area contributed by atoms with Crippen LogP contribution in [0.25, 0.3) is 0 Å². The van der Waals surface area contributed by atoms with Crippen LogP contribution in [0.15, 0.2) is 24.3 Å². The molecule has 3 atom stereocenters.